The molecule has 0 spiro atoms. The Morgan fingerprint density at radius 2 is 2.00 bits per heavy atom. The molecule has 150 valence electrons. The number of hydrogen-bond acceptors (Lipinski definition) is 5. The molecule has 0 aliphatic carbocycles. The summed E-state index contributed by atoms with van der Waals surface area (Å²) in [5, 5.41) is 13.9. The Kier molecular flexibility index (Phi) is 4.79. The fourth-order valence-corrected chi connectivity index (χ4v) is 3.50. The number of hydrogen-bond donors (Lipinski definition) is 3. The van der Waals surface area contributed by atoms with E-state index < -0.39 is 11.9 Å². The summed E-state index contributed by atoms with van der Waals surface area (Å²) in [6.07, 6.45) is -0.0505. The van der Waals surface area contributed by atoms with E-state index in [1.807, 2.05) is 13.8 Å². The molecule has 9 heteroatoms. The number of rotatable bonds is 5. The number of halogens is 1. The molecule has 0 aliphatic heterocycles. The maximum atomic E-state index is 14.6. The van der Waals surface area contributed by atoms with Crippen molar-refractivity contribution in [2.24, 2.45) is 0 Å². The van der Waals surface area contributed by atoms with E-state index in [2.05, 4.69) is 25.7 Å². The summed E-state index contributed by atoms with van der Waals surface area (Å²) in [6.45, 7) is 4.13. The van der Waals surface area contributed by atoms with E-state index in [1.54, 1.807) is 24.3 Å². The Hall–Kier alpha value is -3.62. The lowest BCUT2D eigenvalue weighted by molar-refractivity contribution is 0.200. The Morgan fingerprint density at radius 3 is 2.79 bits per heavy atom. The average molecular weight is 397 g/mol. The quantitative estimate of drug-likeness (QED) is 0.478. The predicted molar refractivity (Wildman–Crippen MR) is 106 cm³/mol. The fraction of sp³-hybridized carbons (Fsp3) is 0.250. The molecule has 0 atom stereocenters. The fourth-order valence-electron chi connectivity index (χ4n) is 3.50. The molecule has 2 heterocycles. The van der Waals surface area contributed by atoms with Crippen molar-refractivity contribution in [1.29, 1.82) is 0 Å². The van der Waals surface area contributed by atoms with Gasteiger partial charge in [-0.2, -0.15) is 15.4 Å². The van der Waals surface area contributed by atoms with Gasteiger partial charge in [-0.3, -0.25) is 0 Å². The van der Waals surface area contributed by atoms with Gasteiger partial charge in [0.1, 0.15) is 16.8 Å². The van der Waals surface area contributed by atoms with Gasteiger partial charge < -0.3 is 19.8 Å². The molecule has 0 bridgehead atoms. The molecule has 0 fully saturated rings. The van der Waals surface area contributed by atoms with Crippen molar-refractivity contribution in [1.82, 2.24) is 25.7 Å². The van der Waals surface area contributed by atoms with Crippen LogP contribution in [0, 0.1) is 19.7 Å². The van der Waals surface area contributed by atoms with Crippen LogP contribution in [0.3, 0.4) is 0 Å². The molecule has 2 aromatic carbocycles. The first-order chi connectivity index (χ1) is 14.0. The minimum atomic E-state index is -0.574. The van der Waals surface area contributed by atoms with Crippen molar-refractivity contribution in [2.75, 3.05) is 13.7 Å². The summed E-state index contributed by atoms with van der Waals surface area (Å²) >= 11 is 0. The third-order valence-electron chi connectivity index (χ3n) is 4.86. The largest absolute Gasteiger partial charge is 0.494 e. The Morgan fingerprint density at radius 1 is 1.21 bits per heavy atom. The number of ether oxygens (including phenoxy) is 2. The van der Waals surface area contributed by atoms with E-state index in [-0.39, 0.29) is 5.75 Å². The van der Waals surface area contributed by atoms with E-state index in [9.17, 15) is 9.18 Å². The van der Waals surface area contributed by atoms with Gasteiger partial charge in [0.15, 0.2) is 11.6 Å². The zero-order chi connectivity index (χ0) is 20.5. The van der Waals surface area contributed by atoms with Crippen molar-refractivity contribution in [3.63, 3.8) is 0 Å². The van der Waals surface area contributed by atoms with Crippen LogP contribution in [0.15, 0.2) is 24.3 Å². The highest BCUT2D eigenvalue weighted by molar-refractivity contribution is 5.89. The molecule has 0 unspecified atom stereocenters. The number of benzene rings is 2. The monoisotopic (exact) mass is 397 g/mol. The van der Waals surface area contributed by atoms with Crippen LogP contribution in [-0.4, -0.2) is 40.1 Å². The second-order valence-electron chi connectivity index (χ2n) is 6.73. The summed E-state index contributed by atoms with van der Waals surface area (Å²) in [5.74, 6) is 0.156. The highest BCUT2D eigenvalue weighted by Crippen LogP contribution is 2.33. The van der Waals surface area contributed by atoms with Gasteiger partial charge in [0.2, 0.25) is 0 Å². The molecule has 0 radical (unpaired) electrons. The van der Waals surface area contributed by atoms with Gasteiger partial charge in [-0.15, -0.1) is 0 Å². The summed E-state index contributed by atoms with van der Waals surface area (Å²) in [4.78, 5) is 15.2. The number of aromatic nitrogens is 4. The van der Waals surface area contributed by atoms with E-state index in [0.29, 0.717) is 35.3 Å². The van der Waals surface area contributed by atoms with E-state index >= 15 is 0 Å². The van der Waals surface area contributed by atoms with Crippen molar-refractivity contribution < 1.29 is 18.7 Å². The van der Waals surface area contributed by atoms with Crippen LogP contribution in [0.4, 0.5) is 9.18 Å². The molecule has 4 aromatic rings. The Balaban J connectivity index is 1.45. The minimum absolute atomic E-state index is 0.202. The maximum Gasteiger partial charge on any atom is 0.412 e. The number of methoxy groups -OCH3 is 1. The smallest absolute Gasteiger partial charge is 0.412 e. The summed E-state index contributed by atoms with van der Waals surface area (Å²) in [6, 6.07) is 6.66. The summed E-state index contributed by atoms with van der Waals surface area (Å²) in [5.41, 5.74) is 4.41. The lowest BCUT2D eigenvalue weighted by Crippen LogP contribution is -2.28. The molecule has 8 nitrogen and oxygen atoms in total. The number of fused-ring (bicyclic) bond motifs is 2. The van der Waals surface area contributed by atoms with Crippen molar-refractivity contribution in [2.45, 2.75) is 20.3 Å². The predicted octanol–water partition coefficient (Wildman–Crippen LogP) is 3.53. The van der Waals surface area contributed by atoms with Crippen LogP contribution in [0.5, 0.6) is 11.5 Å². The first kappa shape index (κ1) is 18.7. The Bertz CT molecular complexity index is 1210. The second kappa shape index (κ2) is 7.42. The van der Waals surface area contributed by atoms with Gasteiger partial charge in [0.25, 0.3) is 0 Å². The van der Waals surface area contributed by atoms with Crippen LogP contribution < -0.4 is 14.8 Å². The first-order valence-corrected chi connectivity index (χ1v) is 9.08. The molecular formula is C20H20FN5O3. The van der Waals surface area contributed by atoms with Crippen LogP contribution in [0.25, 0.3) is 21.9 Å². The van der Waals surface area contributed by atoms with E-state index in [1.165, 1.54) is 7.11 Å². The minimum Gasteiger partial charge on any atom is -0.494 e. The third kappa shape index (κ3) is 3.46. The highest BCUT2D eigenvalue weighted by Gasteiger charge is 2.18. The van der Waals surface area contributed by atoms with Gasteiger partial charge >= 0.3 is 6.09 Å². The molecule has 0 saturated carbocycles. The van der Waals surface area contributed by atoms with Crippen LogP contribution >= 0.6 is 0 Å². The third-order valence-corrected chi connectivity index (χ3v) is 4.86. The van der Waals surface area contributed by atoms with Crippen LogP contribution in [0.2, 0.25) is 0 Å². The molecular weight excluding hydrogens is 377 g/mol. The number of H-pyrrole nitrogens is 2. The average Bonchev–Trinajstić information content (AvgIpc) is 3.29. The van der Waals surface area contributed by atoms with E-state index in [0.717, 1.165) is 22.2 Å². The Labute approximate surface area is 165 Å². The van der Waals surface area contributed by atoms with Gasteiger partial charge in [-0.25, -0.2) is 9.18 Å². The zero-order valence-electron chi connectivity index (χ0n) is 16.2. The number of amides is 1. The normalized spacial score (nSPS) is 11.2. The van der Waals surface area contributed by atoms with Gasteiger partial charge in [0, 0.05) is 23.7 Å². The van der Waals surface area contributed by atoms with Gasteiger partial charge in [0.05, 0.1) is 12.6 Å². The van der Waals surface area contributed by atoms with Crippen molar-refractivity contribution in [3.8, 4) is 11.5 Å². The topological polar surface area (TPSA) is 105 Å². The van der Waals surface area contributed by atoms with E-state index in [4.69, 9.17) is 9.47 Å². The lowest BCUT2D eigenvalue weighted by atomic mass is 10.0. The summed E-state index contributed by atoms with van der Waals surface area (Å²) < 4.78 is 24.9. The molecule has 4 rings (SSSR count). The van der Waals surface area contributed by atoms with Crippen LogP contribution in [-0.2, 0) is 6.42 Å². The standard InChI is InChI=1S/C20H20FN5O3/c1-10-8-16(28-3)18(21)19-17(10)13(11(2)23-19)6-7-22-20(27)29-12-4-5-14-15(9-12)25-26-24-14/h4-5,8-9,23H,6-7H2,1-3H3,(H,22,27)(H,24,25,26). The lowest BCUT2D eigenvalue weighted by Gasteiger charge is -2.09. The number of carbonyl (C=O) groups excluding carboxylic acids is 1. The van der Waals surface area contributed by atoms with Crippen molar-refractivity contribution in [3.05, 3.63) is 46.9 Å². The molecule has 0 aliphatic rings. The van der Waals surface area contributed by atoms with Crippen molar-refractivity contribution >= 4 is 28.0 Å². The maximum absolute atomic E-state index is 14.6. The number of nitrogens with zero attached hydrogens (tertiary/aromatic N) is 2. The molecule has 0 saturated heterocycles. The van der Waals surface area contributed by atoms with Gasteiger partial charge in [-0.1, -0.05) is 0 Å². The summed E-state index contributed by atoms with van der Waals surface area (Å²) in [7, 11) is 1.44. The number of aryl methyl sites for hydroxylation is 2. The molecule has 3 N–H and O–H groups in total. The first-order valence-electron chi connectivity index (χ1n) is 9.08. The van der Waals surface area contributed by atoms with Crippen LogP contribution in [0.1, 0.15) is 16.8 Å². The zero-order valence-corrected chi connectivity index (χ0v) is 16.2. The molecule has 1 amide bonds. The number of nitrogens with one attached hydrogen (secondary N) is 3. The SMILES string of the molecule is COc1cc(C)c2c(CCNC(=O)Oc3ccc4n[nH]nc4c3)c(C)[nH]c2c1F. The van der Waals surface area contributed by atoms with Gasteiger partial charge in [-0.05, 0) is 49.6 Å². The highest BCUT2D eigenvalue weighted by atomic mass is 19.1. The molecule has 2 aromatic heterocycles. The molecule has 29 heavy (non-hydrogen) atoms. The second-order valence-corrected chi connectivity index (χ2v) is 6.73. The number of aromatic amines is 2. The number of carbonyl (C=O) groups is 1.